The molecule has 0 bridgehead atoms. The number of aliphatic imine (C=N–C) groups is 1. The molecule has 2 saturated heterocycles. The molecule has 2 heterocycles. The van der Waals surface area contributed by atoms with E-state index in [1.54, 1.807) is 19.1 Å². The SMILES string of the molecule is CCOC(=O)N1CCC(NC(=NC)NCC2(c3ccc(OC)cc3)CCOCC2)CC1. The Kier molecular flexibility index (Phi) is 8.40. The zero-order valence-corrected chi connectivity index (χ0v) is 19.0. The van der Waals surface area contributed by atoms with Crippen molar-refractivity contribution in [2.75, 3.05) is 53.6 Å². The van der Waals surface area contributed by atoms with E-state index in [9.17, 15) is 4.79 Å². The minimum atomic E-state index is -0.218. The van der Waals surface area contributed by atoms with Crippen LogP contribution in [0, 0.1) is 0 Å². The van der Waals surface area contributed by atoms with Crippen LogP contribution in [0.2, 0.25) is 0 Å². The first-order valence-electron chi connectivity index (χ1n) is 11.2. The predicted octanol–water partition coefficient (Wildman–Crippen LogP) is 2.53. The highest BCUT2D eigenvalue weighted by molar-refractivity contribution is 5.80. The highest BCUT2D eigenvalue weighted by Crippen LogP contribution is 2.35. The fourth-order valence-electron chi connectivity index (χ4n) is 4.34. The maximum absolute atomic E-state index is 11.9. The van der Waals surface area contributed by atoms with Crippen LogP contribution in [0.3, 0.4) is 0 Å². The van der Waals surface area contributed by atoms with Crippen LogP contribution >= 0.6 is 0 Å². The highest BCUT2D eigenvalue weighted by atomic mass is 16.6. The van der Waals surface area contributed by atoms with Gasteiger partial charge in [0.15, 0.2) is 5.96 Å². The molecular formula is C23H36N4O4. The van der Waals surface area contributed by atoms with Gasteiger partial charge in [-0.2, -0.15) is 0 Å². The third-order valence-electron chi connectivity index (χ3n) is 6.33. The maximum Gasteiger partial charge on any atom is 0.409 e. The summed E-state index contributed by atoms with van der Waals surface area (Å²) >= 11 is 0. The zero-order chi connectivity index (χ0) is 22.1. The molecule has 2 fully saturated rings. The first-order valence-corrected chi connectivity index (χ1v) is 11.2. The van der Waals surface area contributed by atoms with Crippen LogP contribution < -0.4 is 15.4 Å². The lowest BCUT2D eigenvalue weighted by atomic mass is 9.74. The van der Waals surface area contributed by atoms with E-state index in [4.69, 9.17) is 14.2 Å². The lowest BCUT2D eigenvalue weighted by molar-refractivity contribution is 0.0513. The summed E-state index contributed by atoms with van der Waals surface area (Å²) < 4.78 is 16.1. The molecule has 0 radical (unpaired) electrons. The predicted molar refractivity (Wildman–Crippen MR) is 121 cm³/mol. The number of ether oxygens (including phenoxy) is 3. The van der Waals surface area contributed by atoms with Gasteiger partial charge in [0.1, 0.15) is 5.75 Å². The van der Waals surface area contributed by atoms with Gasteiger partial charge in [-0.05, 0) is 50.3 Å². The summed E-state index contributed by atoms with van der Waals surface area (Å²) in [6.07, 6.45) is 3.45. The number of rotatable bonds is 6. The van der Waals surface area contributed by atoms with Crippen molar-refractivity contribution in [3.63, 3.8) is 0 Å². The molecule has 0 unspecified atom stereocenters. The standard InChI is InChI=1S/C23H36N4O4/c1-4-31-22(28)27-13-9-19(10-14-27)26-21(24-2)25-17-23(11-15-30-16-12-23)18-5-7-20(29-3)8-6-18/h5-8,19H,4,9-17H2,1-3H3,(H2,24,25,26). The quantitative estimate of drug-likeness (QED) is 0.531. The van der Waals surface area contributed by atoms with Gasteiger partial charge in [0.05, 0.1) is 13.7 Å². The molecule has 1 amide bonds. The Morgan fingerprint density at radius 3 is 2.48 bits per heavy atom. The molecule has 0 saturated carbocycles. The van der Waals surface area contributed by atoms with Gasteiger partial charge in [0.25, 0.3) is 0 Å². The zero-order valence-electron chi connectivity index (χ0n) is 19.0. The summed E-state index contributed by atoms with van der Waals surface area (Å²) in [7, 11) is 3.49. The van der Waals surface area contributed by atoms with Gasteiger partial charge < -0.3 is 29.7 Å². The van der Waals surface area contributed by atoms with Gasteiger partial charge in [-0.3, -0.25) is 4.99 Å². The number of carbonyl (C=O) groups excluding carboxylic acids is 1. The second-order valence-electron chi connectivity index (χ2n) is 8.15. The molecule has 0 spiro atoms. The van der Waals surface area contributed by atoms with E-state index in [0.717, 1.165) is 57.2 Å². The van der Waals surface area contributed by atoms with Crippen molar-refractivity contribution in [1.82, 2.24) is 15.5 Å². The molecule has 31 heavy (non-hydrogen) atoms. The fourth-order valence-corrected chi connectivity index (χ4v) is 4.34. The Hall–Kier alpha value is -2.48. The van der Waals surface area contributed by atoms with E-state index in [-0.39, 0.29) is 17.6 Å². The van der Waals surface area contributed by atoms with Crippen molar-refractivity contribution in [2.24, 2.45) is 4.99 Å². The normalized spacial score (nSPS) is 19.6. The van der Waals surface area contributed by atoms with E-state index in [2.05, 4.69) is 27.8 Å². The van der Waals surface area contributed by atoms with Crippen LogP contribution in [0.4, 0.5) is 4.79 Å². The number of nitrogens with zero attached hydrogens (tertiary/aromatic N) is 2. The minimum absolute atomic E-state index is 0.00455. The summed E-state index contributed by atoms with van der Waals surface area (Å²) in [5.74, 6) is 1.67. The van der Waals surface area contributed by atoms with E-state index in [0.29, 0.717) is 19.7 Å². The Bertz CT molecular complexity index is 724. The minimum Gasteiger partial charge on any atom is -0.497 e. The van der Waals surface area contributed by atoms with Crippen molar-refractivity contribution in [2.45, 2.75) is 44.1 Å². The Balaban J connectivity index is 1.57. The third-order valence-corrected chi connectivity index (χ3v) is 6.33. The van der Waals surface area contributed by atoms with Gasteiger partial charge in [-0.25, -0.2) is 4.79 Å². The van der Waals surface area contributed by atoms with Gasteiger partial charge >= 0.3 is 6.09 Å². The second kappa shape index (κ2) is 11.2. The lowest BCUT2D eigenvalue weighted by Crippen LogP contribution is -2.52. The van der Waals surface area contributed by atoms with Gasteiger partial charge in [0.2, 0.25) is 0 Å². The fraction of sp³-hybridized carbons (Fsp3) is 0.652. The number of carbonyl (C=O) groups is 1. The molecule has 1 aromatic carbocycles. The van der Waals surface area contributed by atoms with Crippen molar-refractivity contribution >= 4 is 12.1 Å². The number of hydrogen-bond donors (Lipinski definition) is 2. The third kappa shape index (κ3) is 6.03. The van der Waals surface area contributed by atoms with Crippen LogP contribution in [0.25, 0.3) is 0 Å². The number of guanidine groups is 1. The monoisotopic (exact) mass is 432 g/mol. The van der Waals surface area contributed by atoms with E-state index < -0.39 is 0 Å². The van der Waals surface area contributed by atoms with Crippen LogP contribution in [0.15, 0.2) is 29.3 Å². The number of nitrogens with one attached hydrogen (secondary N) is 2. The van der Waals surface area contributed by atoms with Crippen LogP contribution in [-0.4, -0.2) is 76.6 Å². The molecule has 0 aliphatic carbocycles. The number of hydrogen-bond acceptors (Lipinski definition) is 5. The number of benzene rings is 1. The average Bonchev–Trinajstić information content (AvgIpc) is 2.83. The summed E-state index contributed by atoms with van der Waals surface area (Å²) in [5, 5.41) is 7.09. The van der Waals surface area contributed by atoms with Crippen molar-refractivity contribution < 1.29 is 19.0 Å². The molecule has 3 rings (SSSR count). The molecule has 8 nitrogen and oxygen atoms in total. The van der Waals surface area contributed by atoms with Crippen LogP contribution in [-0.2, 0) is 14.9 Å². The lowest BCUT2D eigenvalue weighted by Gasteiger charge is -2.39. The highest BCUT2D eigenvalue weighted by Gasteiger charge is 2.35. The number of methoxy groups -OCH3 is 1. The topological polar surface area (TPSA) is 84.4 Å². The molecule has 1 aromatic rings. The summed E-state index contributed by atoms with van der Waals surface area (Å²) in [4.78, 5) is 18.1. The van der Waals surface area contributed by atoms with Crippen molar-refractivity contribution in [1.29, 1.82) is 0 Å². The first kappa shape index (κ1) is 23.2. The van der Waals surface area contributed by atoms with E-state index in [1.165, 1.54) is 5.56 Å². The Morgan fingerprint density at radius 2 is 1.90 bits per heavy atom. The van der Waals surface area contributed by atoms with Crippen molar-refractivity contribution in [3.05, 3.63) is 29.8 Å². The smallest absolute Gasteiger partial charge is 0.409 e. The molecule has 2 aliphatic heterocycles. The van der Waals surface area contributed by atoms with E-state index in [1.807, 2.05) is 19.1 Å². The van der Waals surface area contributed by atoms with Gasteiger partial charge in [0, 0.05) is 51.4 Å². The average molecular weight is 433 g/mol. The molecule has 0 aromatic heterocycles. The summed E-state index contributed by atoms with van der Waals surface area (Å²) in [6.45, 7) is 5.93. The van der Waals surface area contributed by atoms with Gasteiger partial charge in [-0.15, -0.1) is 0 Å². The molecule has 2 N–H and O–H groups in total. The molecular weight excluding hydrogens is 396 g/mol. The number of piperidine rings is 1. The maximum atomic E-state index is 11.9. The first-order chi connectivity index (χ1) is 15.1. The van der Waals surface area contributed by atoms with Gasteiger partial charge in [-0.1, -0.05) is 12.1 Å². The largest absolute Gasteiger partial charge is 0.497 e. The summed E-state index contributed by atoms with van der Waals surface area (Å²) in [6, 6.07) is 8.65. The molecule has 2 aliphatic rings. The van der Waals surface area contributed by atoms with Crippen LogP contribution in [0.5, 0.6) is 5.75 Å². The number of amides is 1. The van der Waals surface area contributed by atoms with Crippen LogP contribution in [0.1, 0.15) is 38.2 Å². The Morgan fingerprint density at radius 1 is 1.23 bits per heavy atom. The van der Waals surface area contributed by atoms with E-state index >= 15 is 0 Å². The molecule has 172 valence electrons. The second-order valence-corrected chi connectivity index (χ2v) is 8.15. The Labute approximate surface area is 185 Å². The number of likely N-dealkylation sites (tertiary alicyclic amines) is 1. The summed E-state index contributed by atoms with van der Waals surface area (Å²) in [5.41, 5.74) is 1.29. The van der Waals surface area contributed by atoms with Crippen molar-refractivity contribution in [3.8, 4) is 5.75 Å². The molecule has 0 atom stereocenters. The molecule has 8 heteroatoms.